The minimum atomic E-state index is -0.423. The van der Waals surface area contributed by atoms with Crippen molar-refractivity contribution in [3.8, 4) is 0 Å². The van der Waals surface area contributed by atoms with Crippen LogP contribution in [0.25, 0.3) is 0 Å². The number of rotatable bonds is 3. The molecule has 4 heteroatoms. The molecule has 0 unspecified atom stereocenters. The van der Waals surface area contributed by atoms with Crippen molar-refractivity contribution in [2.75, 3.05) is 7.11 Å². The highest BCUT2D eigenvalue weighted by atomic mass is 16.5. The van der Waals surface area contributed by atoms with E-state index in [-0.39, 0.29) is 0 Å². The van der Waals surface area contributed by atoms with Crippen molar-refractivity contribution in [1.29, 1.82) is 0 Å². The quantitative estimate of drug-likeness (QED) is 0.754. The Hall–Kier alpha value is -1.55. The standard InChI is InChI=1S/C10H14N2O2/c1-14-10(13)12-7-9-4-2-8(6-11)3-5-9/h2-5H,6-7,11H2,1H3,(H,12,13). The first-order valence-corrected chi connectivity index (χ1v) is 4.36. The third-order valence-corrected chi connectivity index (χ3v) is 1.88. The van der Waals surface area contributed by atoms with Gasteiger partial charge < -0.3 is 15.8 Å². The zero-order chi connectivity index (χ0) is 10.4. The monoisotopic (exact) mass is 194 g/mol. The Labute approximate surface area is 83.1 Å². The van der Waals surface area contributed by atoms with Crippen LogP contribution in [0.4, 0.5) is 4.79 Å². The summed E-state index contributed by atoms with van der Waals surface area (Å²) in [6.07, 6.45) is -0.423. The van der Waals surface area contributed by atoms with Gasteiger partial charge in [-0.2, -0.15) is 0 Å². The van der Waals surface area contributed by atoms with Gasteiger partial charge in [-0.05, 0) is 11.1 Å². The van der Waals surface area contributed by atoms with Crippen molar-refractivity contribution in [3.05, 3.63) is 35.4 Å². The fraction of sp³-hybridized carbons (Fsp3) is 0.300. The first-order chi connectivity index (χ1) is 6.76. The van der Waals surface area contributed by atoms with Crippen molar-refractivity contribution in [2.45, 2.75) is 13.1 Å². The van der Waals surface area contributed by atoms with E-state index in [4.69, 9.17) is 5.73 Å². The van der Waals surface area contributed by atoms with Crippen molar-refractivity contribution in [2.24, 2.45) is 5.73 Å². The number of nitrogens with one attached hydrogen (secondary N) is 1. The molecule has 4 nitrogen and oxygen atoms in total. The van der Waals surface area contributed by atoms with Gasteiger partial charge in [-0.3, -0.25) is 0 Å². The minimum Gasteiger partial charge on any atom is -0.453 e. The molecule has 1 aromatic rings. The van der Waals surface area contributed by atoms with Gasteiger partial charge in [0.15, 0.2) is 0 Å². The Balaban J connectivity index is 2.47. The molecule has 0 heterocycles. The Morgan fingerprint density at radius 2 is 1.93 bits per heavy atom. The van der Waals surface area contributed by atoms with Crippen LogP contribution in [0.5, 0.6) is 0 Å². The summed E-state index contributed by atoms with van der Waals surface area (Å²) in [4.78, 5) is 10.8. The van der Waals surface area contributed by atoms with Crippen LogP contribution in [0.1, 0.15) is 11.1 Å². The zero-order valence-corrected chi connectivity index (χ0v) is 8.12. The SMILES string of the molecule is COC(=O)NCc1ccc(CN)cc1. The van der Waals surface area contributed by atoms with E-state index in [1.54, 1.807) is 0 Å². The van der Waals surface area contributed by atoms with Crippen LogP contribution in [0, 0.1) is 0 Å². The van der Waals surface area contributed by atoms with E-state index in [9.17, 15) is 4.79 Å². The highest BCUT2D eigenvalue weighted by Gasteiger charge is 1.98. The number of carbonyl (C=O) groups is 1. The molecule has 0 aliphatic heterocycles. The summed E-state index contributed by atoms with van der Waals surface area (Å²) in [6.45, 7) is 1.00. The Bertz CT molecular complexity index is 295. The van der Waals surface area contributed by atoms with Gasteiger partial charge in [-0.25, -0.2) is 4.79 Å². The smallest absolute Gasteiger partial charge is 0.407 e. The molecule has 14 heavy (non-hydrogen) atoms. The zero-order valence-electron chi connectivity index (χ0n) is 8.12. The second-order valence-electron chi connectivity index (χ2n) is 2.87. The number of methoxy groups -OCH3 is 1. The molecule has 0 bridgehead atoms. The van der Waals surface area contributed by atoms with Crippen LogP contribution < -0.4 is 11.1 Å². The first-order valence-electron chi connectivity index (χ1n) is 4.36. The highest BCUT2D eigenvalue weighted by molar-refractivity contribution is 5.66. The van der Waals surface area contributed by atoms with Crippen molar-refractivity contribution >= 4 is 6.09 Å². The van der Waals surface area contributed by atoms with Crippen LogP contribution in [-0.4, -0.2) is 13.2 Å². The van der Waals surface area contributed by atoms with Gasteiger partial charge in [-0.15, -0.1) is 0 Å². The highest BCUT2D eigenvalue weighted by Crippen LogP contribution is 2.03. The van der Waals surface area contributed by atoms with Crippen LogP contribution in [0.2, 0.25) is 0 Å². The number of alkyl carbamates (subject to hydrolysis) is 1. The number of hydrogen-bond donors (Lipinski definition) is 2. The molecule has 0 aromatic heterocycles. The molecule has 0 spiro atoms. The van der Waals surface area contributed by atoms with Crippen LogP contribution in [0.15, 0.2) is 24.3 Å². The molecule has 0 saturated heterocycles. The molecule has 1 rings (SSSR count). The van der Waals surface area contributed by atoms with Gasteiger partial charge >= 0.3 is 6.09 Å². The van der Waals surface area contributed by atoms with Gasteiger partial charge in [0, 0.05) is 13.1 Å². The summed E-state index contributed by atoms with van der Waals surface area (Å²) in [5.41, 5.74) is 7.55. The number of carbonyl (C=O) groups excluding carboxylic acids is 1. The van der Waals surface area contributed by atoms with E-state index in [1.165, 1.54) is 7.11 Å². The molecule has 0 aliphatic carbocycles. The van der Waals surface area contributed by atoms with Crippen molar-refractivity contribution in [1.82, 2.24) is 5.32 Å². The largest absolute Gasteiger partial charge is 0.453 e. The molecule has 3 N–H and O–H groups in total. The second-order valence-corrected chi connectivity index (χ2v) is 2.87. The Kier molecular flexibility index (Phi) is 3.94. The van der Waals surface area contributed by atoms with E-state index < -0.39 is 6.09 Å². The molecule has 0 fully saturated rings. The summed E-state index contributed by atoms with van der Waals surface area (Å²) < 4.78 is 4.45. The molecule has 0 atom stereocenters. The predicted octanol–water partition coefficient (Wildman–Crippen LogP) is 1.00. The van der Waals surface area contributed by atoms with Gasteiger partial charge in [0.2, 0.25) is 0 Å². The van der Waals surface area contributed by atoms with E-state index in [1.807, 2.05) is 24.3 Å². The molecule has 0 saturated carbocycles. The number of ether oxygens (including phenoxy) is 1. The lowest BCUT2D eigenvalue weighted by molar-refractivity contribution is 0.170. The lowest BCUT2D eigenvalue weighted by atomic mass is 10.1. The molecule has 1 aromatic carbocycles. The van der Waals surface area contributed by atoms with Crippen LogP contribution in [-0.2, 0) is 17.8 Å². The van der Waals surface area contributed by atoms with Crippen molar-refractivity contribution < 1.29 is 9.53 Å². The maximum absolute atomic E-state index is 10.8. The van der Waals surface area contributed by atoms with Gasteiger partial charge in [-0.1, -0.05) is 24.3 Å². The predicted molar refractivity (Wildman–Crippen MR) is 53.6 cm³/mol. The van der Waals surface area contributed by atoms with Crippen molar-refractivity contribution in [3.63, 3.8) is 0 Å². The minimum absolute atomic E-state index is 0.423. The molecule has 0 aliphatic rings. The summed E-state index contributed by atoms with van der Waals surface area (Å²) >= 11 is 0. The second kappa shape index (κ2) is 5.24. The Morgan fingerprint density at radius 3 is 2.43 bits per heavy atom. The summed E-state index contributed by atoms with van der Waals surface area (Å²) in [6, 6.07) is 7.73. The van der Waals surface area contributed by atoms with Gasteiger partial charge in [0.05, 0.1) is 7.11 Å². The van der Waals surface area contributed by atoms with Crippen LogP contribution in [0.3, 0.4) is 0 Å². The van der Waals surface area contributed by atoms with E-state index in [0.29, 0.717) is 13.1 Å². The van der Waals surface area contributed by atoms with Crippen LogP contribution >= 0.6 is 0 Å². The van der Waals surface area contributed by atoms with E-state index >= 15 is 0 Å². The van der Waals surface area contributed by atoms with E-state index in [0.717, 1.165) is 11.1 Å². The topological polar surface area (TPSA) is 64.3 Å². The number of amides is 1. The summed E-state index contributed by atoms with van der Waals surface area (Å²) in [5, 5.41) is 2.59. The summed E-state index contributed by atoms with van der Waals surface area (Å²) in [7, 11) is 1.34. The fourth-order valence-corrected chi connectivity index (χ4v) is 1.04. The molecular weight excluding hydrogens is 180 g/mol. The molecular formula is C10H14N2O2. The van der Waals surface area contributed by atoms with E-state index in [2.05, 4.69) is 10.1 Å². The lowest BCUT2D eigenvalue weighted by Gasteiger charge is -2.04. The average molecular weight is 194 g/mol. The number of nitrogens with two attached hydrogens (primary N) is 1. The van der Waals surface area contributed by atoms with Gasteiger partial charge in [0.1, 0.15) is 0 Å². The average Bonchev–Trinajstić information content (AvgIpc) is 2.26. The maximum atomic E-state index is 10.8. The normalized spacial score (nSPS) is 9.57. The first kappa shape index (κ1) is 10.5. The van der Waals surface area contributed by atoms with Gasteiger partial charge in [0.25, 0.3) is 0 Å². The molecule has 0 radical (unpaired) electrons. The molecule has 1 amide bonds. The number of hydrogen-bond acceptors (Lipinski definition) is 3. The molecule has 76 valence electrons. The third-order valence-electron chi connectivity index (χ3n) is 1.88. The Morgan fingerprint density at radius 1 is 1.36 bits per heavy atom. The number of benzene rings is 1. The lowest BCUT2D eigenvalue weighted by Crippen LogP contribution is -2.22. The summed E-state index contributed by atoms with van der Waals surface area (Å²) in [5.74, 6) is 0. The third kappa shape index (κ3) is 3.06. The fourth-order valence-electron chi connectivity index (χ4n) is 1.04. The maximum Gasteiger partial charge on any atom is 0.407 e.